The van der Waals surface area contributed by atoms with Gasteiger partial charge in [0.2, 0.25) is 5.95 Å². The number of aromatic nitrogens is 4. The first-order valence-corrected chi connectivity index (χ1v) is 7.28. The molecular formula is C15H22N6O. The highest BCUT2D eigenvalue weighted by Gasteiger charge is 2.08. The van der Waals surface area contributed by atoms with E-state index in [1.54, 1.807) is 13.1 Å². The predicted molar refractivity (Wildman–Crippen MR) is 87.4 cm³/mol. The molecule has 22 heavy (non-hydrogen) atoms. The molecule has 0 atom stereocenters. The van der Waals surface area contributed by atoms with Crippen LogP contribution in [0.1, 0.15) is 36.5 Å². The third-order valence-electron chi connectivity index (χ3n) is 3.40. The van der Waals surface area contributed by atoms with Crippen LogP contribution < -0.4 is 11.0 Å². The number of anilines is 1. The molecule has 0 radical (unpaired) electrons. The molecule has 0 saturated carbocycles. The van der Waals surface area contributed by atoms with Crippen molar-refractivity contribution >= 4 is 12.2 Å². The summed E-state index contributed by atoms with van der Waals surface area (Å²) < 4.78 is 2.28. The van der Waals surface area contributed by atoms with Crippen LogP contribution in [0.4, 0.5) is 5.95 Å². The summed E-state index contributed by atoms with van der Waals surface area (Å²) in [6.07, 6.45) is 1.72. The van der Waals surface area contributed by atoms with Gasteiger partial charge in [0.1, 0.15) is 5.69 Å². The Hall–Kier alpha value is -2.44. The minimum atomic E-state index is -0.275. The zero-order valence-electron chi connectivity index (χ0n) is 13.6. The van der Waals surface area contributed by atoms with Gasteiger partial charge in [-0.1, -0.05) is 13.8 Å². The summed E-state index contributed by atoms with van der Waals surface area (Å²) in [7, 11) is 0. The van der Waals surface area contributed by atoms with E-state index in [2.05, 4.69) is 64.0 Å². The average Bonchev–Trinajstić information content (AvgIpc) is 2.70. The second-order valence-corrected chi connectivity index (χ2v) is 5.79. The molecule has 0 aliphatic rings. The lowest BCUT2D eigenvalue weighted by Gasteiger charge is -2.11. The third-order valence-corrected chi connectivity index (χ3v) is 3.40. The van der Waals surface area contributed by atoms with E-state index >= 15 is 0 Å². The monoisotopic (exact) mass is 302 g/mol. The van der Waals surface area contributed by atoms with Crippen LogP contribution in [-0.4, -0.2) is 26.0 Å². The number of rotatable bonds is 5. The molecule has 0 fully saturated rings. The quantitative estimate of drug-likeness (QED) is 0.653. The largest absolute Gasteiger partial charge is 0.348 e. The molecule has 0 saturated heterocycles. The molecule has 2 heterocycles. The van der Waals surface area contributed by atoms with E-state index < -0.39 is 0 Å². The number of hydrazone groups is 1. The lowest BCUT2D eigenvalue weighted by Crippen LogP contribution is -2.15. The summed E-state index contributed by atoms with van der Waals surface area (Å²) in [5.74, 6) is 0.809. The van der Waals surface area contributed by atoms with E-state index in [0.29, 0.717) is 11.6 Å². The standard InChI is InChI=1S/C15H22N6O/c1-9(2)8-21-10(3)6-13(12(21)5)7-16-19-15-17-14(22)11(4)18-20-15/h6-7,9H,8H2,1-5H3,(H2,17,19,20,22)/b16-7+. The van der Waals surface area contributed by atoms with Crippen LogP contribution in [0, 0.1) is 26.7 Å². The number of hydrogen-bond donors (Lipinski definition) is 2. The van der Waals surface area contributed by atoms with Crippen molar-refractivity contribution in [2.24, 2.45) is 11.0 Å². The van der Waals surface area contributed by atoms with Crippen LogP contribution in [0.15, 0.2) is 16.0 Å². The van der Waals surface area contributed by atoms with Crippen LogP contribution in [0.25, 0.3) is 0 Å². The molecule has 0 spiro atoms. The van der Waals surface area contributed by atoms with E-state index in [1.165, 1.54) is 11.4 Å². The second-order valence-electron chi connectivity index (χ2n) is 5.79. The van der Waals surface area contributed by atoms with Crippen LogP contribution in [0.5, 0.6) is 0 Å². The van der Waals surface area contributed by atoms with Crippen LogP contribution in [0.2, 0.25) is 0 Å². The Kier molecular flexibility index (Phi) is 4.75. The van der Waals surface area contributed by atoms with Crippen molar-refractivity contribution < 1.29 is 0 Å². The van der Waals surface area contributed by atoms with Gasteiger partial charge in [0.15, 0.2) is 0 Å². The molecule has 0 aromatic carbocycles. The highest BCUT2D eigenvalue weighted by Crippen LogP contribution is 2.15. The number of nitrogens with one attached hydrogen (secondary N) is 2. The fraction of sp³-hybridized carbons (Fsp3) is 0.467. The SMILES string of the molecule is Cc1nnc(N/N=C/c2cc(C)n(CC(C)C)c2C)[nH]c1=O. The van der Waals surface area contributed by atoms with E-state index in [0.717, 1.165) is 12.1 Å². The smallest absolute Gasteiger partial charge is 0.274 e. The van der Waals surface area contributed by atoms with Gasteiger partial charge in [-0.25, -0.2) is 5.43 Å². The molecule has 2 aromatic rings. The topological polar surface area (TPSA) is 88.0 Å². The first-order valence-electron chi connectivity index (χ1n) is 7.28. The number of aromatic amines is 1. The Bertz CT molecular complexity index is 741. The van der Waals surface area contributed by atoms with E-state index in [4.69, 9.17) is 0 Å². The van der Waals surface area contributed by atoms with Gasteiger partial charge < -0.3 is 4.57 Å². The molecule has 0 unspecified atom stereocenters. The van der Waals surface area contributed by atoms with Crippen molar-refractivity contribution in [3.05, 3.63) is 39.1 Å². The molecule has 0 bridgehead atoms. The number of H-pyrrole nitrogens is 1. The van der Waals surface area contributed by atoms with Crippen molar-refractivity contribution in [3.8, 4) is 0 Å². The van der Waals surface area contributed by atoms with Crippen molar-refractivity contribution in [2.75, 3.05) is 5.43 Å². The normalized spacial score (nSPS) is 11.5. The minimum Gasteiger partial charge on any atom is -0.348 e. The van der Waals surface area contributed by atoms with Crippen molar-refractivity contribution in [1.29, 1.82) is 0 Å². The van der Waals surface area contributed by atoms with Crippen LogP contribution in [0.3, 0.4) is 0 Å². The number of nitrogens with zero attached hydrogens (tertiary/aromatic N) is 4. The zero-order chi connectivity index (χ0) is 16.3. The summed E-state index contributed by atoms with van der Waals surface area (Å²) in [5.41, 5.74) is 6.15. The van der Waals surface area contributed by atoms with Gasteiger partial charge in [-0.3, -0.25) is 9.78 Å². The third kappa shape index (κ3) is 3.60. The van der Waals surface area contributed by atoms with Crippen molar-refractivity contribution in [2.45, 2.75) is 41.2 Å². The average molecular weight is 302 g/mol. The van der Waals surface area contributed by atoms with Crippen LogP contribution in [-0.2, 0) is 6.54 Å². The molecule has 118 valence electrons. The molecule has 0 aliphatic heterocycles. The number of hydrogen-bond acceptors (Lipinski definition) is 5. The van der Waals surface area contributed by atoms with E-state index in [1.807, 2.05) is 0 Å². The fourth-order valence-electron chi connectivity index (χ4n) is 2.21. The van der Waals surface area contributed by atoms with E-state index in [9.17, 15) is 4.79 Å². The predicted octanol–water partition coefficient (Wildman–Crippen LogP) is 1.99. The molecule has 2 rings (SSSR count). The summed E-state index contributed by atoms with van der Waals surface area (Å²) in [6, 6.07) is 2.09. The summed E-state index contributed by atoms with van der Waals surface area (Å²) >= 11 is 0. The van der Waals surface area contributed by atoms with Crippen molar-refractivity contribution in [1.82, 2.24) is 19.7 Å². The molecule has 7 heteroatoms. The molecule has 2 N–H and O–H groups in total. The minimum absolute atomic E-state index is 0.225. The molecule has 7 nitrogen and oxygen atoms in total. The highest BCUT2D eigenvalue weighted by molar-refractivity contribution is 5.82. The fourth-order valence-corrected chi connectivity index (χ4v) is 2.21. The summed E-state index contributed by atoms with van der Waals surface area (Å²) in [5, 5.41) is 11.7. The first kappa shape index (κ1) is 15.9. The highest BCUT2D eigenvalue weighted by atomic mass is 16.1. The van der Waals surface area contributed by atoms with Gasteiger partial charge in [-0.2, -0.15) is 5.10 Å². The van der Waals surface area contributed by atoms with Gasteiger partial charge in [0, 0.05) is 23.5 Å². The lowest BCUT2D eigenvalue weighted by molar-refractivity contribution is 0.509. The summed E-state index contributed by atoms with van der Waals surface area (Å²) in [6.45, 7) is 11.1. The Labute approximate surface area is 129 Å². The van der Waals surface area contributed by atoms with Gasteiger partial charge in [-0.15, -0.1) is 10.2 Å². The Morgan fingerprint density at radius 1 is 1.36 bits per heavy atom. The maximum Gasteiger partial charge on any atom is 0.274 e. The Morgan fingerprint density at radius 3 is 2.73 bits per heavy atom. The van der Waals surface area contributed by atoms with Gasteiger partial charge in [0.05, 0.1) is 6.21 Å². The van der Waals surface area contributed by atoms with Gasteiger partial charge in [-0.05, 0) is 32.8 Å². The lowest BCUT2D eigenvalue weighted by atomic mass is 10.2. The molecule has 0 aliphatic carbocycles. The molecule has 0 amide bonds. The second kappa shape index (κ2) is 6.55. The maximum atomic E-state index is 11.4. The Balaban J connectivity index is 2.13. The molecule has 2 aromatic heterocycles. The number of aryl methyl sites for hydroxylation is 2. The van der Waals surface area contributed by atoms with Gasteiger partial charge in [0.25, 0.3) is 5.56 Å². The zero-order valence-corrected chi connectivity index (χ0v) is 13.6. The summed E-state index contributed by atoms with van der Waals surface area (Å²) in [4.78, 5) is 14.0. The van der Waals surface area contributed by atoms with Gasteiger partial charge >= 0.3 is 0 Å². The first-order chi connectivity index (χ1) is 10.4. The Morgan fingerprint density at radius 2 is 2.09 bits per heavy atom. The molecular weight excluding hydrogens is 280 g/mol. The van der Waals surface area contributed by atoms with Crippen LogP contribution >= 0.6 is 0 Å². The maximum absolute atomic E-state index is 11.4. The van der Waals surface area contributed by atoms with E-state index in [-0.39, 0.29) is 11.5 Å². The van der Waals surface area contributed by atoms with Crippen molar-refractivity contribution in [3.63, 3.8) is 0 Å².